The summed E-state index contributed by atoms with van der Waals surface area (Å²) in [6.07, 6.45) is 1.93. The average molecular weight is 381 g/mol. The molecule has 0 bridgehead atoms. The maximum atomic E-state index is 12.3. The number of methoxy groups -OCH3 is 1. The largest absolute Gasteiger partial charge is 0.497 e. The number of hydrogen-bond donors (Lipinski definition) is 1. The smallest absolute Gasteiger partial charge is 0.343 e. The molecule has 1 N–H and O–H groups in total. The molecule has 0 saturated carbocycles. The summed E-state index contributed by atoms with van der Waals surface area (Å²) in [5.41, 5.74) is 2.15. The molecule has 1 heterocycles. The van der Waals surface area contributed by atoms with Gasteiger partial charge in [-0.05, 0) is 55.6 Å². The number of rotatable bonds is 6. The molecule has 3 aromatic rings. The fourth-order valence-corrected chi connectivity index (χ4v) is 2.79. The van der Waals surface area contributed by atoms with E-state index in [-0.39, 0.29) is 0 Å². The molecule has 0 fully saturated rings. The molecule has 0 aliphatic carbocycles. The lowest BCUT2D eigenvalue weighted by molar-refractivity contribution is 0.0734. The minimum atomic E-state index is -0.439. The molecule has 0 spiro atoms. The predicted molar refractivity (Wildman–Crippen MR) is 106 cm³/mol. The van der Waals surface area contributed by atoms with E-state index < -0.39 is 5.97 Å². The number of aromatic nitrogens is 2. The Labute approximate surface area is 162 Å². The predicted octanol–water partition coefficient (Wildman–Crippen LogP) is 4.48. The number of carbonyl (C=O) groups is 1. The number of nitrogens with zero attached hydrogens (tertiary/aromatic N) is 2. The summed E-state index contributed by atoms with van der Waals surface area (Å²) in [4.78, 5) is 21.0. The Morgan fingerprint density at radius 1 is 1.04 bits per heavy atom. The first-order valence-corrected chi connectivity index (χ1v) is 9.43. The third kappa shape index (κ3) is 4.98. The third-order valence-corrected chi connectivity index (χ3v) is 4.21. The Hall–Kier alpha value is -3.06. The Morgan fingerprint density at radius 3 is 2.52 bits per heavy atom. The van der Waals surface area contributed by atoms with Crippen molar-refractivity contribution in [1.29, 1.82) is 0 Å². The van der Waals surface area contributed by atoms with Crippen molar-refractivity contribution in [1.82, 2.24) is 9.97 Å². The summed E-state index contributed by atoms with van der Waals surface area (Å²) >= 11 is 1.49. The van der Waals surface area contributed by atoms with Gasteiger partial charge in [-0.1, -0.05) is 17.8 Å². The van der Waals surface area contributed by atoms with E-state index in [0.717, 1.165) is 11.4 Å². The van der Waals surface area contributed by atoms with Gasteiger partial charge in [0.15, 0.2) is 5.16 Å². The van der Waals surface area contributed by atoms with Crippen molar-refractivity contribution in [3.8, 4) is 11.5 Å². The van der Waals surface area contributed by atoms with Gasteiger partial charge in [-0.15, -0.1) is 0 Å². The van der Waals surface area contributed by atoms with Gasteiger partial charge in [-0.3, -0.25) is 0 Å². The molecular weight excluding hydrogens is 362 g/mol. The molecule has 0 aliphatic rings. The van der Waals surface area contributed by atoms with Crippen LogP contribution in [0, 0.1) is 6.92 Å². The zero-order valence-corrected chi connectivity index (χ0v) is 16.0. The summed E-state index contributed by atoms with van der Waals surface area (Å²) < 4.78 is 10.5. The normalized spacial score (nSPS) is 10.3. The monoisotopic (exact) mass is 381 g/mol. The van der Waals surface area contributed by atoms with Crippen LogP contribution in [0.5, 0.6) is 11.5 Å². The van der Waals surface area contributed by atoms with Crippen LogP contribution in [-0.4, -0.2) is 29.3 Å². The summed E-state index contributed by atoms with van der Waals surface area (Å²) in [5.74, 6) is 1.34. The maximum absolute atomic E-state index is 12.3. The van der Waals surface area contributed by atoms with Crippen LogP contribution in [-0.2, 0) is 0 Å². The van der Waals surface area contributed by atoms with Crippen LogP contribution >= 0.6 is 11.8 Å². The minimum Gasteiger partial charge on any atom is -0.497 e. The lowest BCUT2D eigenvalue weighted by Gasteiger charge is -2.09. The highest BCUT2D eigenvalue weighted by Gasteiger charge is 2.10. The molecule has 3 rings (SSSR count). The Bertz CT molecular complexity index is 945. The van der Waals surface area contributed by atoms with Gasteiger partial charge in [0.25, 0.3) is 0 Å². The second-order valence-electron chi connectivity index (χ2n) is 5.65. The van der Waals surface area contributed by atoms with Gasteiger partial charge in [-0.2, -0.15) is 0 Å². The van der Waals surface area contributed by atoms with Gasteiger partial charge in [0.1, 0.15) is 17.3 Å². The summed E-state index contributed by atoms with van der Waals surface area (Å²) in [7, 11) is 1.55. The summed E-state index contributed by atoms with van der Waals surface area (Å²) in [5, 5.41) is 3.93. The van der Waals surface area contributed by atoms with Crippen LogP contribution in [0.25, 0.3) is 0 Å². The first-order valence-electron chi connectivity index (χ1n) is 8.20. The SMILES string of the molecule is COc1cccc(C(=O)Oc2ccc(Nc3cc(C)nc(SC)n3)cc2)c1. The molecule has 0 radical (unpaired) electrons. The zero-order chi connectivity index (χ0) is 19.2. The highest BCUT2D eigenvalue weighted by atomic mass is 32.2. The van der Waals surface area contributed by atoms with Gasteiger partial charge < -0.3 is 14.8 Å². The first-order chi connectivity index (χ1) is 13.1. The number of ether oxygens (including phenoxy) is 2. The van der Waals surface area contributed by atoms with Crippen molar-refractivity contribution in [3.63, 3.8) is 0 Å². The Morgan fingerprint density at radius 2 is 1.81 bits per heavy atom. The minimum absolute atomic E-state index is 0.428. The molecule has 1 aromatic heterocycles. The van der Waals surface area contributed by atoms with Crippen molar-refractivity contribution < 1.29 is 14.3 Å². The average Bonchev–Trinajstić information content (AvgIpc) is 2.69. The van der Waals surface area contributed by atoms with Gasteiger partial charge in [0.05, 0.1) is 12.7 Å². The lowest BCUT2D eigenvalue weighted by atomic mass is 10.2. The second-order valence-corrected chi connectivity index (χ2v) is 6.43. The number of aryl methyl sites for hydroxylation is 1. The molecule has 2 aromatic carbocycles. The van der Waals surface area contributed by atoms with E-state index in [1.165, 1.54) is 11.8 Å². The second kappa shape index (κ2) is 8.55. The number of hydrogen-bond acceptors (Lipinski definition) is 7. The van der Waals surface area contributed by atoms with E-state index in [1.54, 1.807) is 43.5 Å². The highest BCUT2D eigenvalue weighted by Crippen LogP contribution is 2.22. The van der Waals surface area contributed by atoms with E-state index >= 15 is 0 Å². The first kappa shape index (κ1) is 18.7. The van der Waals surface area contributed by atoms with E-state index in [9.17, 15) is 4.79 Å². The number of anilines is 2. The van der Waals surface area contributed by atoms with Crippen molar-refractivity contribution >= 4 is 29.2 Å². The molecule has 0 saturated heterocycles. The lowest BCUT2D eigenvalue weighted by Crippen LogP contribution is -2.08. The molecule has 6 nitrogen and oxygen atoms in total. The fourth-order valence-electron chi connectivity index (χ4n) is 2.37. The quantitative estimate of drug-likeness (QED) is 0.292. The van der Waals surface area contributed by atoms with Crippen molar-refractivity contribution in [3.05, 3.63) is 65.9 Å². The Balaban J connectivity index is 1.68. The van der Waals surface area contributed by atoms with Crippen molar-refractivity contribution in [2.75, 3.05) is 18.7 Å². The van der Waals surface area contributed by atoms with Crippen molar-refractivity contribution in [2.24, 2.45) is 0 Å². The molecule has 0 aliphatic heterocycles. The van der Waals surface area contributed by atoms with E-state index in [2.05, 4.69) is 15.3 Å². The van der Waals surface area contributed by atoms with Gasteiger partial charge >= 0.3 is 5.97 Å². The van der Waals surface area contributed by atoms with E-state index in [0.29, 0.717) is 28.0 Å². The standard InChI is InChI=1S/C20H19N3O3S/c1-13-11-18(23-20(21-13)27-3)22-15-7-9-16(10-8-15)26-19(24)14-5-4-6-17(12-14)25-2/h4-12H,1-3H3,(H,21,22,23). The Kier molecular flexibility index (Phi) is 5.93. The molecule has 0 amide bonds. The third-order valence-electron chi connectivity index (χ3n) is 3.66. The molecule has 138 valence electrons. The number of benzene rings is 2. The van der Waals surface area contributed by atoms with Crippen LogP contribution in [0.3, 0.4) is 0 Å². The van der Waals surface area contributed by atoms with Gasteiger partial charge in [0, 0.05) is 17.4 Å². The van der Waals surface area contributed by atoms with Crippen molar-refractivity contribution in [2.45, 2.75) is 12.1 Å². The number of nitrogens with one attached hydrogen (secondary N) is 1. The zero-order valence-electron chi connectivity index (χ0n) is 15.2. The maximum Gasteiger partial charge on any atom is 0.343 e. The van der Waals surface area contributed by atoms with Crippen LogP contribution in [0.1, 0.15) is 16.1 Å². The molecule has 27 heavy (non-hydrogen) atoms. The summed E-state index contributed by atoms with van der Waals surface area (Å²) in [6, 6.07) is 15.8. The van der Waals surface area contributed by atoms with E-state index in [4.69, 9.17) is 9.47 Å². The van der Waals surface area contributed by atoms with Crippen LogP contribution in [0.4, 0.5) is 11.5 Å². The molecule has 7 heteroatoms. The molecule has 0 atom stereocenters. The van der Waals surface area contributed by atoms with Crippen LogP contribution in [0.15, 0.2) is 59.8 Å². The van der Waals surface area contributed by atoms with Crippen LogP contribution < -0.4 is 14.8 Å². The van der Waals surface area contributed by atoms with E-state index in [1.807, 2.05) is 31.4 Å². The van der Waals surface area contributed by atoms with Gasteiger partial charge in [0.2, 0.25) is 0 Å². The summed E-state index contributed by atoms with van der Waals surface area (Å²) in [6.45, 7) is 1.92. The number of thioether (sulfide) groups is 1. The van der Waals surface area contributed by atoms with Gasteiger partial charge in [-0.25, -0.2) is 14.8 Å². The topological polar surface area (TPSA) is 73.3 Å². The highest BCUT2D eigenvalue weighted by molar-refractivity contribution is 7.98. The molecular formula is C20H19N3O3S. The number of esters is 1. The molecule has 0 unspecified atom stereocenters. The van der Waals surface area contributed by atoms with Crippen LogP contribution in [0.2, 0.25) is 0 Å². The number of carbonyl (C=O) groups excluding carboxylic acids is 1. The fraction of sp³-hybridized carbons (Fsp3) is 0.150.